The van der Waals surface area contributed by atoms with Crippen LogP contribution in [0.3, 0.4) is 0 Å². The highest BCUT2D eigenvalue weighted by Crippen LogP contribution is 2.30. The summed E-state index contributed by atoms with van der Waals surface area (Å²) in [6, 6.07) is 20.8. The number of thioether (sulfide) groups is 1. The van der Waals surface area contributed by atoms with E-state index in [2.05, 4.69) is 15.5 Å². The van der Waals surface area contributed by atoms with E-state index in [-0.39, 0.29) is 11.7 Å². The Kier molecular flexibility index (Phi) is 6.84. The van der Waals surface area contributed by atoms with Crippen LogP contribution in [0.1, 0.15) is 11.1 Å². The van der Waals surface area contributed by atoms with Crippen LogP contribution in [0.15, 0.2) is 71.9 Å². The highest BCUT2D eigenvalue weighted by Gasteiger charge is 2.18. The molecule has 1 amide bonds. The lowest BCUT2D eigenvalue weighted by Crippen LogP contribution is -2.15. The molecular formula is C24H20Cl2N4OS. The van der Waals surface area contributed by atoms with Gasteiger partial charge < -0.3 is 5.32 Å². The molecule has 4 aromatic rings. The van der Waals surface area contributed by atoms with Crippen LogP contribution in [-0.2, 0) is 4.79 Å². The largest absolute Gasteiger partial charge is 0.325 e. The molecule has 0 saturated carbocycles. The normalized spacial score (nSPS) is 10.9. The van der Waals surface area contributed by atoms with Crippen LogP contribution in [0.4, 0.5) is 5.69 Å². The maximum Gasteiger partial charge on any atom is 0.234 e. The summed E-state index contributed by atoms with van der Waals surface area (Å²) in [6.07, 6.45) is 0. The highest BCUT2D eigenvalue weighted by atomic mass is 35.5. The number of aryl methyl sites for hydroxylation is 2. The van der Waals surface area contributed by atoms with Gasteiger partial charge in [0.05, 0.1) is 5.75 Å². The van der Waals surface area contributed by atoms with E-state index >= 15 is 0 Å². The van der Waals surface area contributed by atoms with E-state index in [1.807, 2.05) is 66.9 Å². The van der Waals surface area contributed by atoms with Gasteiger partial charge in [0, 0.05) is 27.0 Å². The zero-order valence-corrected chi connectivity index (χ0v) is 19.8. The van der Waals surface area contributed by atoms with Gasteiger partial charge in [0.2, 0.25) is 5.91 Å². The van der Waals surface area contributed by atoms with E-state index in [4.69, 9.17) is 23.2 Å². The lowest BCUT2D eigenvalue weighted by Gasteiger charge is -2.12. The first-order valence-electron chi connectivity index (χ1n) is 9.88. The van der Waals surface area contributed by atoms with Gasteiger partial charge in [-0.2, -0.15) is 0 Å². The van der Waals surface area contributed by atoms with Crippen molar-refractivity contribution in [3.8, 4) is 17.1 Å². The summed E-state index contributed by atoms with van der Waals surface area (Å²) >= 11 is 13.6. The third kappa shape index (κ3) is 5.15. The molecule has 0 saturated heterocycles. The molecule has 1 heterocycles. The third-order valence-corrected chi connectivity index (χ3v) is 6.22. The van der Waals surface area contributed by atoms with Crippen LogP contribution >= 0.6 is 35.0 Å². The molecule has 8 heteroatoms. The van der Waals surface area contributed by atoms with Crippen molar-refractivity contribution >= 4 is 46.6 Å². The summed E-state index contributed by atoms with van der Waals surface area (Å²) in [5, 5.41) is 13.6. The fourth-order valence-electron chi connectivity index (χ4n) is 3.19. The van der Waals surface area contributed by atoms with Crippen LogP contribution < -0.4 is 5.32 Å². The average molecular weight is 483 g/mol. The maximum absolute atomic E-state index is 12.6. The predicted molar refractivity (Wildman–Crippen MR) is 132 cm³/mol. The predicted octanol–water partition coefficient (Wildman–Crippen LogP) is 6.59. The number of nitrogens with zero attached hydrogens (tertiary/aromatic N) is 3. The number of rotatable bonds is 6. The van der Waals surface area contributed by atoms with Crippen molar-refractivity contribution in [3.63, 3.8) is 0 Å². The average Bonchev–Trinajstić information content (AvgIpc) is 3.19. The summed E-state index contributed by atoms with van der Waals surface area (Å²) in [4.78, 5) is 12.6. The van der Waals surface area contributed by atoms with Crippen molar-refractivity contribution in [3.05, 3.63) is 87.9 Å². The Morgan fingerprint density at radius 3 is 2.50 bits per heavy atom. The van der Waals surface area contributed by atoms with E-state index in [1.165, 1.54) is 11.8 Å². The second-order valence-electron chi connectivity index (χ2n) is 7.28. The molecule has 0 spiro atoms. The zero-order valence-electron chi connectivity index (χ0n) is 17.5. The summed E-state index contributed by atoms with van der Waals surface area (Å²) < 4.78 is 1.90. The van der Waals surface area contributed by atoms with Crippen molar-refractivity contribution in [2.75, 3.05) is 11.1 Å². The van der Waals surface area contributed by atoms with Crippen molar-refractivity contribution < 1.29 is 4.79 Å². The zero-order chi connectivity index (χ0) is 22.7. The van der Waals surface area contributed by atoms with Crippen molar-refractivity contribution in [1.29, 1.82) is 0 Å². The van der Waals surface area contributed by atoms with Crippen LogP contribution in [0.2, 0.25) is 10.0 Å². The Bertz CT molecular complexity index is 1270. The molecule has 0 aliphatic carbocycles. The van der Waals surface area contributed by atoms with E-state index in [1.54, 1.807) is 18.2 Å². The molecule has 0 aliphatic heterocycles. The number of nitrogens with one attached hydrogen (secondary N) is 1. The van der Waals surface area contributed by atoms with E-state index in [0.29, 0.717) is 21.0 Å². The Morgan fingerprint density at radius 2 is 1.75 bits per heavy atom. The first-order valence-corrected chi connectivity index (χ1v) is 11.6. The molecule has 1 aromatic heterocycles. The molecule has 1 N–H and O–H groups in total. The number of amides is 1. The van der Waals surface area contributed by atoms with Crippen molar-refractivity contribution in [2.24, 2.45) is 0 Å². The maximum atomic E-state index is 12.6. The molecule has 0 atom stereocenters. The fraction of sp³-hybridized carbons (Fsp3) is 0.125. The Hall–Kier alpha value is -2.80. The first kappa shape index (κ1) is 22.4. The van der Waals surface area contributed by atoms with Gasteiger partial charge in [0.15, 0.2) is 11.0 Å². The van der Waals surface area contributed by atoms with E-state index < -0.39 is 0 Å². The number of hydrogen-bond acceptors (Lipinski definition) is 4. The van der Waals surface area contributed by atoms with Gasteiger partial charge in [-0.25, -0.2) is 0 Å². The van der Waals surface area contributed by atoms with Gasteiger partial charge in [-0.15, -0.1) is 10.2 Å². The lowest BCUT2D eigenvalue weighted by atomic mass is 10.1. The number of benzene rings is 3. The molecular weight excluding hydrogens is 463 g/mol. The van der Waals surface area contributed by atoms with Gasteiger partial charge in [-0.05, 0) is 67.4 Å². The molecule has 4 rings (SSSR count). The van der Waals surface area contributed by atoms with Crippen LogP contribution in [0, 0.1) is 13.8 Å². The van der Waals surface area contributed by atoms with Gasteiger partial charge >= 0.3 is 0 Å². The molecule has 3 aromatic carbocycles. The standard InChI is InChI=1S/C24H20Cl2N4OS/c1-15-6-7-16(2)21(12-15)27-22(31)14-32-24-29-28-23(17-4-3-5-19(26)13-17)30(24)20-10-8-18(25)9-11-20/h3-13H,14H2,1-2H3,(H,27,31). The van der Waals surface area contributed by atoms with Gasteiger partial charge in [-0.1, -0.05) is 59.2 Å². The fourth-order valence-corrected chi connectivity index (χ4v) is 4.26. The summed E-state index contributed by atoms with van der Waals surface area (Å²) in [5.41, 5.74) is 4.58. The quantitative estimate of drug-likeness (QED) is 0.315. The smallest absolute Gasteiger partial charge is 0.234 e. The summed E-state index contributed by atoms with van der Waals surface area (Å²) in [6.45, 7) is 3.96. The number of carbonyl (C=O) groups is 1. The minimum absolute atomic E-state index is 0.112. The van der Waals surface area contributed by atoms with Crippen molar-refractivity contribution in [1.82, 2.24) is 14.8 Å². The van der Waals surface area contributed by atoms with Gasteiger partial charge in [-0.3, -0.25) is 9.36 Å². The third-order valence-electron chi connectivity index (χ3n) is 4.80. The SMILES string of the molecule is Cc1ccc(C)c(NC(=O)CSc2nnc(-c3cccc(Cl)c3)n2-c2ccc(Cl)cc2)c1. The highest BCUT2D eigenvalue weighted by molar-refractivity contribution is 7.99. The topological polar surface area (TPSA) is 59.8 Å². The van der Waals surface area contributed by atoms with Crippen LogP contribution in [0.5, 0.6) is 0 Å². The summed E-state index contributed by atoms with van der Waals surface area (Å²) in [7, 11) is 0. The van der Waals surface area contributed by atoms with Gasteiger partial charge in [0.25, 0.3) is 0 Å². The molecule has 32 heavy (non-hydrogen) atoms. The number of carbonyl (C=O) groups excluding carboxylic acids is 1. The van der Waals surface area contributed by atoms with Gasteiger partial charge in [0.1, 0.15) is 0 Å². The van der Waals surface area contributed by atoms with E-state index in [9.17, 15) is 4.79 Å². The monoisotopic (exact) mass is 482 g/mol. The Labute approximate surface area is 200 Å². The molecule has 0 fully saturated rings. The Morgan fingerprint density at radius 1 is 0.969 bits per heavy atom. The first-order chi connectivity index (χ1) is 15.4. The second-order valence-corrected chi connectivity index (χ2v) is 9.10. The molecule has 0 radical (unpaired) electrons. The second kappa shape index (κ2) is 9.77. The van der Waals surface area contributed by atoms with Crippen LogP contribution in [0.25, 0.3) is 17.1 Å². The minimum Gasteiger partial charge on any atom is -0.325 e. The number of aromatic nitrogens is 3. The van der Waals surface area contributed by atoms with E-state index in [0.717, 1.165) is 28.1 Å². The Balaban J connectivity index is 1.61. The number of hydrogen-bond donors (Lipinski definition) is 1. The minimum atomic E-state index is -0.112. The van der Waals surface area contributed by atoms with Crippen LogP contribution in [-0.4, -0.2) is 26.4 Å². The molecule has 5 nitrogen and oxygen atoms in total. The summed E-state index contributed by atoms with van der Waals surface area (Å²) in [5.74, 6) is 0.709. The number of anilines is 1. The molecule has 162 valence electrons. The molecule has 0 unspecified atom stereocenters. The molecule has 0 bridgehead atoms. The lowest BCUT2D eigenvalue weighted by molar-refractivity contribution is -0.113. The number of halogens is 2. The van der Waals surface area contributed by atoms with Crippen molar-refractivity contribution in [2.45, 2.75) is 19.0 Å². The molecule has 0 aliphatic rings.